The summed E-state index contributed by atoms with van der Waals surface area (Å²) in [5, 5.41) is 15.5. The van der Waals surface area contributed by atoms with Gasteiger partial charge in [-0.1, -0.05) is 30.0 Å². The third-order valence-corrected chi connectivity index (χ3v) is 4.39. The van der Waals surface area contributed by atoms with Crippen molar-refractivity contribution in [3.05, 3.63) is 82.1 Å². The van der Waals surface area contributed by atoms with Gasteiger partial charge < -0.3 is 4.42 Å². The fraction of sp³-hybridized carbons (Fsp3) is 0.0556. The van der Waals surface area contributed by atoms with Crippen molar-refractivity contribution in [1.29, 1.82) is 0 Å². The maximum absolute atomic E-state index is 12.7. The van der Waals surface area contributed by atoms with Gasteiger partial charge in [-0.15, -0.1) is 0 Å². The predicted octanol–water partition coefficient (Wildman–Crippen LogP) is 5.80. The summed E-state index contributed by atoms with van der Waals surface area (Å²) in [7, 11) is 0. The van der Waals surface area contributed by atoms with Gasteiger partial charge in [-0.05, 0) is 36.4 Å². The van der Waals surface area contributed by atoms with Gasteiger partial charge in [0.25, 0.3) is 5.69 Å². The summed E-state index contributed by atoms with van der Waals surface area (Å²) in [5.41, 5.74) is 0.369. The second-order valence-corrected chi connectivity index (χ2v) is 6.51. The molecule has 28 heavy (non-hydrogen) atoms. The molecule has 0 radical (unpaired) electrons. The van der Waals surface area contributed by atoms with Gasteiger partial charge >= 0.3 is 6.18 Å². The van der Waals surface area contributed by atoms with Crippen LogP contribution in [0.1, 0.15) is 11.3 Å². The molecule has 0 bridgehead atoms. The number of hydrogen-bond acceptors (Lipinski definition) is 6. The van der Waals surface area contributed by atoms with Crippen molar-refractivity contribution in [2.75, 3.05) is 5.43 Å². The van der Waals surface area contributed by atoms with E-state index in [0.29, 0.717) is 16.9 Å². The SMILES string of the molecule is O=[N+]([O-])c1cc(C(F)(F)F)ccc1N/N=C/c1ccc(Sc2ccccc2)o1. The molecule has 3 rings (SSSR count). The van der Waals surface area contributed by atoms with E-state index in [1.165, 1.54) is 18.0 Å². The molecule has 10 heteroatoms. The summed E-state index contributed by atoms with van der Waals surface area (Å²) in [6.45, 7) is 0. The van der Waals surface area contributed by atoms with Gasteiger partial charge in [-0.2, -0.15) is 18.3 Å². The van der Waals surface area contributed by atoms with E-state index in [1.807, 2.05) is 30.3 Å². The van der Waals surface area contributed by atoms with Crippen LogP contribution in [0.3, 0.4) is 0 Å². The standard InChI is InChI=1S/C18H12F3N3O3S/c19-18(20,21)12-6-8-15(16(10-12)24(25)26)23-22-11-13-7-9-17(27-13)28-14-4-2-1-3-5-14/h1-11,23H/b22-11+. The monoisotopic (exact) mass is 407 g/mol. The summed E-state index contributed by atoms with van der Waals surface area (Å²) in [6.07, 6.45) is -3.40. The molecule has 0 saturated heterocycles. The highest BCUT2D eigenvalue weighted by molar-refractivity contribution is 7.99. The quantitative estimate of drug-likeness (QED) is 0.317. The Bertz CT molecular complexity index is 1000. The number of anilines is 1. The Hall–Kier alpha value is -3.27. The van der Waals surface area contributed by atoms with Crippen molar-refractivity contribution >= 4 is 29.4 Å². The number of halogens is 3. The van der Waals surface area contributed by atoms with E-state index >= 15 is 0 Å². The number of rotatable bonds is 6. The molecule has 0 aliphatic rings. The van der Waals surface area contributed by atoms with Crippen molar-refractivity contribution in [2.24, 2.45) is 5.10 Å². The van der Waals surface area contributed by atoms with Crippen LogP contribution in [0, 0.1) is 10.1 Å². The molecule has 0 fully saturated rings. The fourth-order valence-corrected chi connectivity index (χ4v) is 2.98. The minimum absolute atomic E-state index is 0.167. The summed E-state index contributed by atoms with van der Waals surface area (Å²) in [5.74, 6) is 0.375. The third-order valence-electron chi connectivity index (χ3n) is 3.46. The van der Waals surface area contributed by atoms with Crippen LogP contribution in [-0.4, -0.2) is 11.1 Å². The summed E-state index contributed by atoms with van der Waals surface area (Å²) < 4.78 is 43.7. The Kier molecular flexibility index (Phi) is 5.69. The smallest absolute Gasteiger partial charge is 0.416 e. The largest absolute Gasteiger partial charge is 0.448 e. The lowest BCUT2D eigenvalue weighted by Crippen LogP contribution is -2.06. The molecule has 1 N–H and O–H groups in total. The van der Waals surface area contributed by atoms with Gasteiger partial charge in [0.2, 0.25) is 0 Å². The van der Waals surface area contributed by atoms with Crippen LogP contribution in [0.2, 0.25) is 0 Å². The van der Waals surface area contributed by atoms with E-state index in [4.69, 9.17) is 4.42 Å². The van der Waals surface area contributed by atoms with E-state index in [0.717, 1.165) is 17.0 Å². The Labute approximate surface area is 161 Å². The van der Waals surface area contributed by atoms with Gasteiger partial charge in [-0.25, -0.2) is 0 Å². The first-order valence-corrected chi connectivity index (χ1v) is 8.62. The molecule has 3 aromatic rings. The van der Waals surface area contributed by atoms with Crippen LogP contribution in [0.4, 0.5) is 24.5 Å². The molecule has 6 nitrogen and oxygen atoms in total. The molecular formula is C18H12F3N3O3S. The van der Waals surface area contributed by atoms with E-state index in [1.54, 1.807) is 12.1 Å². The second-order valence-electron chi connectivity index (χ2n) is 5.43. The molecule has 0 spiro atoms. The van der Waals surface area contributed by atoms with E-state index in [-0.39, 0.29) is 5.69 Å². The third kappa shape index (κ3) is 4.92. The van der Waals surface area contributed by atoms with Crippen LogP contribution >= 0.6 is 11.8 Å². The van der Waals surface area contributed by atoms with Gasteiger partial charge in [0.05, 0.1) is 16.7 Å². The van der Waals surface area contributed by atoms with Crippen LogP contribution in [0.25, 0.3) is 0 Å². The molecule has 1 aromatic heterocycles. The molecule has 0 unspecified atom stereocenters. The first kappa shape index (κ1) is 19.5. The average Bonchev–Trinajstić information content (AvgIpc) is 3.09. The minimum Gasteiger partial charge on any atom is -0.448 e. The molecule has 0 saturated carbocycles. The second kappa shape index (κ2) is 8.17. The minimum atomic E-state index is -4.67. The van der Waals surface area contributed by atoms with E-state index < -0.39 is 22.4 Å². The van der Waals surface area contributed by atoms with Gasteiger partial charge in [0, 0.05) is 11.0 Å². The van der Waals surface area contributed by atoms with E-state index in [2.05, 4.69) is 10.5 Å². The zero-order valence-corrected chi connectivity index (χ0v) is 14.8. The fourth-order valence-electron chi connectivity index (χ4n) is 2.18. The first-order chi connectivity index (χ1) is 13.3. The zero-order valence-electron chi connectivity index (χ0n) is 14.0. The lowest BCUT2D eigenvalue weighted by Gasteiger charge is -2.08. The molecule has 0 aliphatic carbocycles. The summed E-state index contributed by atoms with van der Waals surface area (Å²) in [6, 6.07) is 15.1. The number of alkyl halides is 3. The lowest BCUT2D eigenvalue weighted by atomic mass is 10.1. The maximum Gasteiger partial charge on any atom is 0.416 e. The number of nitrogens with one attached hydrogen (secondary N) is 1. The van der Waals surface area contributed by atoms with Gasteiger partial charge in [-0.3, -0.25) is 15.5 Å². The molecule has 0 amide bonds. The number of benzene rings is 2. The normalized spacial score (nSPS) is 11.7. The maximum atomic E-state index is 12.7. The molecule has 0 atom stereocenters. The molecule has 0 aliphatic heterocycles. The Morgan fingerprint density at radius 3 is 2.54 bits per heavy atom. The van der Waals surface area contributed by atoms with Crippen molar-refractivity contribution in [3.8, 4) is 0 Å². The number of hydrazone groups is 1. The highest BCUT2D eigenvalue weighted by Crippen LogP contribution is 2.35. The van der Waals surface area contributed by atoms with Crippen molar-refractivity contribution < 1.29 is 22.5 Å². The predicted molar refractivity (Wildman–Crippen MR) is 98.6 cm³/mol. The molecule has 144 valence electrons. The van der Waals surface area contributed by atoms with E-state index in [9.17, 15) is 23.3 Å². The molecule has 2 aromatic carbocycles. The number of nitro benzene ring substituents is 1. The zero-order chi connectivity index (χ0) is 20.1. The molecular weight excluding hydrogens is 395 g/mol. The number of nitro groups is 1. The first-order valence-electron chi connectivity index (χ1n) is 7.80. The highest BCUT2D eigenvalue weighted by atomic mass is 32.2. The summed E-state index contributed by atoms with van der Waals surface area (Å²) in [4.78, 5) is 11.1. The van der Waals surface area contributed by atoms with Gasteiger partial charge in [0.1, 0.15) is 11.4 Å². The molecule has 1 heterocycles. The number of hydrogen-bond donors (Lipinski definition) is 1. The van der Waals surface area contributed by atoms with Gasteiger partial charge in [0.15, 0.2) is 5.09 Å². The van der Waals surface area contributed by atoms with Crippen LogP contribution < -0.4 is 5.43 Å². The van der Waals surface area contributed by atoms with Crippen LogP contribution in [0.5, 0.6) is 0 Å². The number of nitrogens with zero attached hydrogens (tertiary/aromatic N) is 2. The van der Waals surface area contributed by atoms with Crippen molar-refractivity contribution in [1.82, 2.24) is 0 Å². The number of furan rings is 1. The lowest BCUT2D eigenvalue weighted by molar-refractivity contribution is -0.384. The Balaban J connectivity index is 1.70. The van der Waals surface area contributed by atoms with Crippen molar-refractivity contribution in [2.45, 2.75) is 16.2 Å². The topological polar surface area (TPSA) is 80.7 Å². The summed E-state index contributed by atoms with van der Waals surface area (Å²) >= 11 is 1.40. The highest BCUT2D eigenvalue weighted by Gasteiger charge is 2.33. The van der Waals surface area contributed by atoms with Crippen LogP contribution in [0.15, 0.2) is 80.2 Å². The Morgan fingerprint density at radius 1 is 1.11 bits per heavy atom. The van der Waals surface area contributed by atoms with Crippen molar-refractivity contribution in [3.63, 3.8) is 0 Å². The Morgan fingerprint density at radius 2 is 1.86 bits per heavy atom. The average molecular weight is 407 g/mol. The van der Waals surface area contributed by atoms with Crippen LogP contribution in [-0.2, 0) is 6.18 Å².